The lowest BCUT2D eigenvalue weighted by Crippen LogP contribution is -2.39. The van der Waals surface area contributed by atoms with Crippen molar-refractivity contribution in [3.8, 4) is 0 Å². The molecule has 3 fully saturated rings. The van der Waals surface area contributed by atoms with Gasteiger partial charge in [0.2, 0.25) is 0 Å². The summed E-state index contributed by atoms with van der Waals surface area (Å²) in [4.78, 5) is 27.4. The van der Waals surface area contributed by atoms with Crippen LogP contribution in [0.5, 0.6) is 0 Å². The molecule has 5 heteroatoms. The first-order valence-electron chi connectivity index (χ1n) is 10.1. The highest BCUT2D eigenvalue weighted by Crippen LogP contribution is 2.36. The first-order valence-corrected chi connectivity index (χ1v) is 10.1. The fraction of sp³-hybridized carbons (Fsp3) is 0.619. The molecule has 26 heavy (non-hydrogen) atoms. The van der Waals surface area contributed by atoms with Gasteiger partial charge in [-0.05, 0) is 62.6 Å². The molecule has 1 aliphatic carbocycles. The molecule has 2 atom stereocenters. The minimum atomic E-state index is -0.361. The Labute approximate surface area is 155 Å². The molecule has 2 amide bonds. The average molecular weight is 356 g/mol. The number of ether oxygens (including phenoxy) is 1. The van der Waals surface area contributed by atoms with Crippen molar-refractivity contribution in [2.75, 3.05) is 18.5 Å². The first-order chi connectivity index (χ1) is 12.7. The number of carbonyl (C=O) groups excluding carboxylic acids is 2. The predicted molar refractivity (Wildman–Crippen MR) is 100 cm³/mol. The second kappa shape index (κ2) is 7.78. The van der Waals surface area contributed by atoms with Gasteiger partial charge in [-0.15, -0.1) is 0 Å². The van der Waals surface area contributed by atoms with E-state index in [0.29, 0.717) is 29.8 Å². The molecule has 1 aromatic rings. The smallest absolute Gasteiger partial charge is 0.254 e. The number of nitrogens with zero attached hydrogens (tertiary/aromatic N) is 1. The van der Waals surface area contributed by atoms with E-state index in [4.69, 9.17) is 4.74 Å². The van der Waals surface area contributed by atoms with Crippen LogP contribution in [0, 0.1) is 5.92 Å². The zero-order chi connectivity index (χ0) is 17.9. The molecule has 0 aromatic heterocycles. The summed E-state index contributed by atoms with van der Waals surface area (Å²) in [6.07, 6.45) is 8.67. The predicted octanol–water partition coefficient (Wildman–Crippen LogP) is 3.60. The standard InChI is InChI=1S/C21H28N2O3/c24-20(19-11-5-13-26-19)22-17-9-3-8-16(14-17)21(25)23-12-4-10-18(23)15-6-1-2-7-15/h3,8-9,14-15,18-19H,1-2,4-7,10-13H2,(H,22,24). The monoisotopic (exact) mass is 356 g/mol. The van der Waals surface area contributed by atoms with Crippen LogP contribution in [-0.4, -0.2) is 42.0 Å². The summed E-state index contributed by atoms with van der Waals surface area (Å²) in [7, 11) is 0. The van der Waals surface area contributed by atoms with E-state index < -0.39 is 0 Å². The maximum absolute atomic E-state index is 13.1. The summed E-state index contributed by atoms with van der Waals surface area (Å²) >= 11 is 0. The van der Waals surface area contributed by atoms with Gasteiger partial charge in [-0.2, -0.15) is 0 Å². The van der Waals surface area contributed by atoms with E-state index in [2.05, 4.69) is 10.2 Å². The summed E-state index contributed by atoms with van der Waals surface area (Å²) in [5, 5.41) is 2.90. The Morgan fingerprint density at radius 1 is 1.04 bits per heavy atom. The van der Waals surface area contributed by atoms with Crippen molar-refractivity contribution < 1.29 is 14.3 Å². The van der Waals surface area contributed by atoms with Crippen molar-refractivity contribution in [1.82, 2.24) is 4.90 Å². The van der Waals surface area contributed by atoms with Gasteiger partial charge < -0.3 is 15.0 Å². The summed E-state index contributed by atoms with van der Waals surface area (Å²) in [6.45, 7) is 1.50. The minimum absolute atomic E-state index is 0.104. The maximum atomic E-state index is 13.1. The fourth-order valence-electron chi connectivity index (χ4n) is 4.78. The second-order valence-corrected chi connectivity index (χ2v) is 7.82. The molecule has 2 heterocycles. The molecule has 4 rings (SSSR count). The lowest BCUT2D eigenvalue weighted by atomic mass is 9.95. The van der Waals surface area contributed by atoms with E-state index in [9.17, 15) is 9.59 Å². The van der Waals surface area contributed by atoms with Gasteiger partial charge in [0.25, 0.3) is 11.8 Å². The highest BCUT2D eigenvalue weighted by molar-refractivity contribution is 5.98. The zero-order valence-electron chi connectivity index (χ0n) is 15.3. The molecule has 1 aromatic carbocycles. The number of carbonyl (C=O) groups is 2. The SMILES string of the molecule is O=C(Nc1cccc(C(=O)N2CCCC2C2CCCC2)c1)C1CCCO1. The Morgan fingerprint density at radius 3 is 2.65 bits per heavy atom. The molecule has 1 saturated carbocycles. The largest absolute Gasteiger partial charge is 0.368 e. The van der Waals surface area contributed by atoms with Gasteiger partial charge in [-0.3, -0.25) is 9.59 Å². The van der Waals surface area contributed by atoms with Crippen molar-refractivity contribution in [3.05, 3.63) is 29.8 Å². The summed E-state index contributed by atoms with van der Waals surface area (Å²) in [5.74, 6) is 0.661. The Balaban J connectivity index is 1.45. The van der Waals surface area contributed by atoms with Gasteiger partial charge in [0.1, 0.15) is 6.10 Å². The third-order valence-electron chi connectivity index (χ3n) is 6.10. The molecule has 2 aliphatic heterocycles. The minimum Gasteiger partial charge on any atom is -0.368 e. The Kier molecular flexibility index (Phi) is 5.25. The van der Waals surface area contributed by atoms with Crippen molar-refractivity contribution in [2.24, 2.45) is 5.92 Å². The van der Waals surface area contributed by atoms with Crippen LogP contribution >= 0.6 is 0 Å². The topological polar surface area (TPSA) is 58.6 Å². The van der Waals surface area contributed by atoms with E-state index in [1.165, 1.54) is 25.7 Å². The number of hydrogen-bond donors (Lipinski definition) is 1. The molecule has 0 bridgehead atoms. The Bertz CT molecular complexity index is 663. The molecule has 2 saturated heterocycles. The van der Waals surface area contributed by atoms with Crippen molar-refractivity contribution in [1.29, 1.82) is 0 Å². The highest BCUT2D eigenvalue weighted by atomic mass is 16.5. The van der Waals surface area contributed by atoms with Gasteiger partial charge in [0, 0.05) is 30.4 Å². The normalized spacial score (nSPS) is 26.4. The van der Waals surface area contributed by atoms with E-state index >= 15 is 0 Å². The van der Waals surface area contributed by atoms with Crippen LogP contribution in [-0.2, 0) is 9.53 Å². The Hall–Kier alpha value is -1.88. The molecular weight excluding hydrogens is 328 g/mol. The van der Waals surface area contributed by atoms with E-state index in [1.807, 2.05) is 18.2 Å². The summed E-state index contributed by atoms with van der Waals surface area (Å²) in [5.41, 5.74) is 1.34. The molecule has 140 valence electrons. The molecule has 2 unspecified atom stereocenters. The van der Waals surface area contributed by atoms with Crippen LogP contribution < -0.4 is 5.32 Å². The van der Waals surface area contributed by atoms with Crippen LogP contribution in [0.25, 0.3) is 0 Å². The molecule has 3 aliphatic rings. The second-order valence-electron chi connectivity index (χ2n) is 7.82. The van der Waals surface area contributed by atoms with Crippen molar-refractivity contribution in [2.45, 2.75) is 63.5 Å². The van der Waals surface area contributed by atoms with Gasteiger partial charge in [0.05, 0.1) is 0 Å². The van der Waals surface area contributed by atoms with Crippen LogP contribution in [0.1, 0.15) is 61.7 Å². The quantitative estimate of drug-likeness (QED) is 0.897. The number of likely N-dealkylation sites (tertiary alicyclic amines) is 1. The molecule has 0 radical (unpaired) electrons. The maximum Gasteiger partial charge on any atom is 0.254 e. The molecule has 1 N–H and O–H groups in total. The van der Waals surface area contributed by atoms with E-state index in [0.717, 1.165) is 32.2 Å². The summed E-state index contributed by atoms with van der Waals surface area (Å²) < 4.78 is 5.43. The van der Waals surface area contributed by atoms with Gasteiger partial charge in [-0.25, -0.2) is 0 Å². The molecule has 0 spiro atoms. The summed E-state index contributed by atoms with van der Waals surface area (Å²) in [6, 6.07) is 7.74. The Morgan fingerprint density at radius 2 is 1.88 bits per heavy atom. The third kappa shape index (κ3) is 3.63. The lowest BCUT2D eigenvalue weighted by Gasteiger charge is -2.29. The first kappa shape index (κ1) is 17.5. The highest BCUT2D eigenvalue weighted by Gasteiger charge is 2.36. The van der Waals surface area contributed by atoms with Gasteiger partial charge >= 0.3 is 0 Å². The van der Waals surface area contributed by atoms with Gasteiger partial charge in [0.15, 0.2) is 0 Å². The van der Waals surface area contributed by atoms with Crippen LogP contribution in [0.2, 0.25) is 0 Å². The van der Waals surface area contributed by atoms with Crippen LogP contribution in [0.3, 0.4) is 0 Å². The lowest BCUT2D eigenvalue weighted by molar-refractivity contribution is -0.124. The fourth-order valence-corrected chi connectivity index (χ4v) is 4.78. The number of benzene rings is 1. The van der Waals surface area contributed by atoms with Crippen molar-refractivity contribution >= 4 is 17.5 Å². The van der Waals surface area contributed by atoms with E-state index in [-0.39, 0.29) is 17.9 Å². The number of nitrogens with one attached hydrogen (secondary N) is 1. The number of hydrogen-bond acceptors (Lipinski definition) is 3. The van der Waals surface area contributed by atoms with Crippen LogP contribution in [0.4, 0.5) is 5.69 Å². The third-order valence-corrected chi connectivity index (χ3v) is 6.10. The van der Waals surface area contributed by atoms with E-state index in [1.54, 1.807) is 6.07 Å². The number of rotatable bonds is 4. The number of anilines is 1. The zero-order valence-corrected chi connectivity index (χ0v) is 15.3. The molecular formula is C21H28N2O3. The van der Waals surface area contributed by atoms with Gasteiger partial charge in [-0.1, -0.05) is 18.9 Å². The molecule has 5 nitrogen and oxygen atoms in total. The van der Waals surface area contributed by atoms with Crippen molar-refractivity contribution in [3.63, 3.8) is 0 Å². The van der Waals surface area contributed by atoms with Crippen LogP contribution in [0.15, 0.2) is 24.3 Å². The number of amides is 2. The average Bonchev–Trinajstić information content (AvgIpc) is 3.43.